The maximum absolute atomic E-state index is 10.7. The Morgan fingerprint density at radius 3 is 3.25 bits per heavy atom. The molecule has 1 aromatic rings. The average molecular weight is 182 g/mol. The molecule has 0 atom stereocenters. The predicted octanol–water partition coefficient (Wildman–Crippen LogP) is 1.61. The molecule has 3 nitrogen and oxygen atoms in total. The van der Waals surface area contributed by atoms with E-state index in [9.17, 15) is 4.79 Å². The molecule has 0 spiro atoms. The molecule has 4 heteroatoms. The first-order chi connectivity index (χ1) is 5.83. The molecule has 0 saturated carbocycles. The van der Waals surface area contributed by atoms with Gasteiger partial charge in [0.2, 0.25) is 5.91 Å². The van der Waals surface area contributed by atoms with E-state index in [4.69, 9.17) is 0 Å². The Morgan fingerprint density at radius 1 is 1.83 bits per heavy atom. The molecule has 0 bridgehead atoms. The van der Waals surface area contributed by atoms with Crippen LogP contribution in [-0.4, -0.2) is 12.1 Å². The van der Waals surface area contributed by atoms with Crippen molar-refractivity contribution in [2.75, 3.05) is 0 Å². The molecule has 1 heterocycles. The van der Waals surface area contributed by atoms with E-state index in [2.05, 4.69) is 10.5 Å². The molecular weight excluding hydrogens is 172 g/mol. The highest BCUT2D eigenvalue weighted by Crippen LogP contribution is 2.01. The van der Waals surface area contributed by atoms with Crippen LogP contribution in [0.25, 0.3) is 0 Å². The maximum Gasteiger partial charge on any atom is 0.239 e. The predicted molar refractivity (Wildman–Crippen MR) is 50.3 cm³/mol. The fraction of sp³-hybridized carbons (Fsp3) is 0.250. The van der Waals surface area contributed by atoms with Gasteiger partial charge in [-0.05, 0) is 16.8 Å². The van der Waals surface area contributed by atoms with Crippen LogP contribution in [0.3, 0.4) is 0 Å². The topological polar surface area (TPSA) is 41.5 Å². The summed E-state index contributed by atoms with van der Waals surface area (Å²) in [6.07, 6.45) is 2.09. The minimum atomic E-state index is -0.0681. The summed E-state index contributed by atoms with van der Waals surface area (Å²) in [5, 5.41) is 7.69. The van der Waals surface area contributed by atoms with Gasteiger partial charge in [0.25, 0.3) is 0 Å². The number of carbonyl (C=O) groups is 1. The van der Waals surface area contributed by atoms with Crippen molar-refractivity contribution in [1.82, 2.24) is 5.43 Å². The van der Waals surface area contributed by atoms with Gasteiger partial charge in [0.1, 0.15) is 0 Å². The SMILES string of the molecule is CCC(=O)NN=Cc1ccsc1. The third-order valence-electron chi connectivity index (χ3n) is 1.27. The van der Waals surface area contributed by atoms with Crippen molar-refractivity contribution in [3.8, 4) is 0 Å². The van der Waals surface area contributed by atoms with E-state index in [-0.39, 0.29) is 5.91 Å². The third-order valence-corrected chi connectivity index (χ3v) is 1.97. The van der Waals surface area contributed by atoms with Gasteiger partial charge in [-0.25, -0.2) is 5.43 Å². The van der Waals surface area contributed by atoms with E-state index in [0.29, 0.717) is 6.42 Å². The van der Waals surface area contributed by atoms with Crippen LogP contribution in [0.2, 0.25) is 0 Å². The van der Waals surface area contributed by atoms with E-state index in [0.717, 1.165) is 5.56 Å². The Kier molecular flexibility index (Phi) is 3.47. The summed E-state index contributed by atoms with van der Waals surface area (Å²) < 4.78 is 0. The number of nitrogens with one attached hydrogen (secondary N) is 1. The van der Waals surface area contributed by atoms with Crippen LogP contribution >= 0.6 is 11.3 Å². The molecule has 1 aromatic heterocycles. The molecule has 64 valence electrons. The largest absolute Gasteiger partial charge is 0.273 e. The zero-order valence-corrected chi connectivity index (χ0v) is 7.60. The van der Waals surface area contributed by atoms with Crippen LogP contribution in [0.15, 0.2) is 21.9 Å². The number of hydrazone groups is 1. The Balaban J connectivity index is 2.37. The summed E-state index contributed by atoms with van der Waals surface area (Å²) in [5.74, 6) is -0.0681. The normalized spacial score (nSPS) is 10.4. The lowest BCUT2D eigenvalue weighted by Gasteiger charge is -1.91. The van der Waals surface area contributed by atoms with E-state index < -0.39 is 0 Å². The Hall–Kier alpha value is -1.16. The molecule has 0 aromatic carbocycles. The first kappa shape index (κ1) is 8.93. The van der Waals surface area contributed by atoms with Crippen molar-refractivity contribution < 1.29 is 4.79 Å². The lowest BCUT2D eigenvalue weighted by atomic mass is 10.4. The van der Waals surface area contributed by atoms with Crippen LogP contribution < -0.4 is 5.43 Å². The zero-order valence-electron chi connectivity index (χ0n) is 6.78. The van der Waals surface area contributed by atoms with E-state index >= 15 is 0 Å². The number of thiophene rings is 1. The molecule has 1 rings (SSSR count). The van der Waals surface area contributed by atoms with Gasteiger partial charge in [-0.2, -0.15) is 16.4 Å². The molecule has 0 fully saturated rings. The van der Waals surface area contributed by atoms with E-state index in [1.54, 1.807) is 24.5 Å². The van der Waals surface area contributed by atoms with Crippen LogP contribution in [0.4, 0.5) is 0 Å². The lowest BCUT2D eigenvalue weighted by molar-refractivity contribution is -0.120. The molecule has 1 amide bonds. The van der Waals surface area contributed by atoms with Crippen molar-refractivity contribution in [2.45, 2.75) is 13.3 Å². The van der Waals surface area contributed by atoms with Crippen molar-refractivity contribution in [3.05, 3.63) is 22.4 Å². The summed E-state index contributed by atoms with van der Waals surface area (Å²) in [6, 6.07) is 1.94. The third kappa shape index (κ3) is 2.84. The fourth-order valence-corrected chi connectivity index (χ4v) is 1.22. The summed E-state index contributed by atoms with van der Waals surface area (Å²) >= 11 is 1.60. The zero-order chi connectivity index (χ0) is 8.81. The molecule has 0 unspecified atom stereocenters. The number of hydrogen-bond donors (Lipinski definition) is 1. The van der Waals surface area contributed by atoms with Gasteiger partial charge in [-0.15, -0.1) is 0 Å². The Bertz CT molecular complexity index is 267. The summed E-state index contributed by atoms with van der Waals surface area (Å²) in [5.41, 5.74) is 3.42. The van der Waals surface area contributed by atoms with Gasteiger partial charge < -0.3 is 0 Å². The smallest absolute Gasteiger partial charge is 0.239 e. The molecule has 1 N–H and O–H groups in total. The van der Waals surface area contributed by atoms with Gasteiger partial charge in [-0.3, -0.25) is 4.79 Å². The Labute approximate surface area is 75.1 Å². The highest BCUT2D eigenvalue weighted by atomic mass is 32.1. The lowest BCUT2D eigenvalue weighted by Crippen LogP contribution is -2.15. The summed E-state index contributed by atoms with van der Waals surface area (Å²) in [4.78, 5) is 10.7. The molecular formula is C8H10N2OS. The molecule has 0 saturated heterocycles. The van der Waals surface area contributed by atoms with Crippen LogP contribution in [-0.2, 0) is 4.79 Å². The molecule has 12 heavy (non-hydrogen) atoms. The molecule has 0 aliphatic rings. The van der Waals surface area contributed by atoms with Crippen molar-refractivity contribution in [2.24, 2.45) is 5.10 Å². The van der Waals surface area contributed by atoms with Gasteiger partial charge in [0, 0.05) is 12.0 Å². The number of rotatable bonds is 3. The standard InChI is InChI=1S/C8H10N2OS/c1-2-8(11)10-9-5-7-3-4-12-6-7/h3-6H,2H2,1H3,(H,10,11). The minimum Gasteiger partial charge on any atom is -0.273 e. The van der Waals surface area contributed by atoms with E-state index in [1.165, 1.54) is 0 Å². The van der Waals surface area contributed by atoms with Crippen molar-refractivity contribution >= 4 is 23.5 Å². The highest BCUT2D eigenvalue weighted by Gasteiger charge is 1.91. The average Bonchev–Trinajstić information content (AvgIpc) is 2.57. The van der Waals surface area contributed by atoms with Gasteiger partial charge >= 0.3 is 0 Å². The number of carbonyl (C=O) groups excluding carboxylic acids is 1. The molecule has 0 aliphatic carbocycles. The van der Waals surface area contributed by atoms with Gasteiger partial charge in [0.15, 0.2) is 0 Å². The molecule has 0 radical (unpaired) electrons. The summed E-state index contributed by atoms with van der Waals surface area (Å²) in [6.45, 7) is 1.79. The van der Waals surface area contributed by atoms with Crippen molar-refractivity contribution in [1.29, 1.82) is 0 Å². The van der Waals surface area contributed by atoms with E-state index in [1.807, 2.05) is 16.8 Å². The maximum atomic E-state index is 10.7. The first-order valence-corrected chi connectivity index (χ1v) is 4.61. The number of nitrogens with zero attached hydrogens (tertiary/aromatic N) is 1. The minimum absolute atomic E-state index is 0.0681. The second-order valence-corrected chi connectivity index (χ2v) is 2.98. The first-order valence-electron chi connectivity index (χ1n) is 3.67. The van der Waals surface area contributed by atoms with Gasteiger partial charge in [0.05, 0.1) is 6.21 Å². The second-order valence-electron chi connectivity index (χ2n) is 2.20. The summed E-state index contributed by atoms with van der Waals surface area (Å²) in [7, 11) is 0. The number of hydrogen-bond acceptors (Lipinski definition) is 3. The highest BCUT2D eigenvalue weighted by molar-refractivity contribution is 7.08. The van der Waals surface area contributed by atoms with Gasteiger partial charge in [-0.1, -0.05) is 6.92 Å². The van der Waals surface area contributed by atoms with Crippen LogP contribution in [0.5, 0.6) is 0 Å². The van der Waals surface area contributed by atoms with Crippen LogP contribution in [0.1, 0.15) is 18.9 Å². The fourth-order valence-electron chi connectivity index (χ4n) is 0.606. The Morgan fingerprint density at radius 2 is 2.67 bits per heavy atom. The second kappa shape index (κ2) is 4.66. The van der Waals surface area contributed by atoms with Crippen molar-refractivity contribution in [3.63, 3.8) is 0 Å². The van der Waals surface area contributed by atoms with Crippen LogP contribution in [0, 0.1) is 0 Å². The monoisotopic (exact) mass is 182 g/mol. The number of amides is 1. The quantitative estimate of drug-likeness (QED) is 0.560. The molecule has 0 aliphatic heterocycles.